The highest BCUT2D eigenvalue weighted by molar-refractivity contribution is 6.30. The monoisotopic (exact) mass is 451 g/mol. The Kier molecular flexibility index (Phi) is 5.98. The van der Waals surface area contributed by atoms with Crippen LogP contribution in [0.4, 0.5) is 0 Å². The number of rotatable bonds is 6. The minimum Gasteiger partial charge on any atom is -0.487 e. The zero-order chi connectivity index (χ0) is 22.9. The fourth-order valence-corrected chi connectivity index (χ4v) is 3.62. The van der Waals surface area contributed by atoms with E-state index in [1.54, 1.807) is 0 Å². The molecule has 7 heteroatoms. The molecular weight excluding hydrogens is 426 g/mol. The van der Waals surface area contributed by atoms with E-state index in [0.717, 1.165) is 39.2 Å². The molecule has 6 nitrogen and oxygen atoms in total. The van der Waals surface area contributed by atoms with Gasteiger partial charge in [-0.25, -0.2) is 0 Å². The number of carbonyl (C=O) groups is 1. The molecule has 0 aliphatic rings. The van der Waals surface area contributed by atoms with Crippen LogP contribution in [0.3, 0.4) is 0 Å². The van der Waals surface area contributed by atoms with E-state index in [9.17, 15) is 4.79 Å². The molecule has 166 valence electrons. The summed E-state index contributed by atoms with van der Waals surface area (Å²) in [6.07, 6.45) is 2.07. The Morgan fingerprint density at radius 1 is 1.12 bits per heavy atom. The van der Waals surface area contributed by atoms with Crippen molar-refractivity contribution in [3.8, 4) is 17.0 Å². The van der Waals surface area contributed by atoms with Crippen LogP contribution in [0.1, 0.15) is 32.0 Å². The smallest absolute Gasteiger partial charge is 0.310 e. The van der Waals surface area contributed by atoms with Gasteiger partial charge in [0, 0.05) is 40.8 Å². The largest absolute Gasteiger partial charge is 0.487 e. The van der Waals surface area contributed by atoms with Crippen molar-refractivity contribution in [2.24, 2.45) is 7.05 Å². The number of hydrogen-bond acceptors (Lipinski definition) is 4. The second-order valence-electron chi connectivity index (χ2n) is 8.72. The molecule has 4 aromatic rings. The maximum absolute atomic E-state index is 12.2. The van der Waals surface area contributed by atoms with Crippen LogP contribution >= 0.6 is 11.6 Å². The van der Waals surface area contributed by atoms with Crippen molar-refractivity contribution in [1.29, 1.82) is 0 Å². The fraction of sp³-hybridized carbons (Fsp3) is 0.280. The molecule has 0 fully saturated rings. The molecule has 4 rings (SSSR count). The third kappa shape index (κ3) is 5.14. The summed E-state index contributed by atoms with van der Waals surface area (Å²) < 4.78 is 13.3. The minimum atomic E-state index is -0.497. The van der Waals surface area contributed by atoms with Crippen molar-refractivity contribution in [2.75, 3.05) is 0 Å². The standard InChI is InChI=1S/C25H26ClN3O3/c1-25(2,3)32-24(30)11-17-14-27-23-13-20(9-10-21(17)23)31-15-19-12-22(28-29(19)4)16-5-7-18(26)8-6-16/h5-10,12-14,27H,11,15H2,1-4H3. The number of hydrogen-bond donors (Lipinski definition) is 1. The van der Waals surface area contributed by atoms with Gasteiger partial charge in [-0.15, -0.1) is 0 Å². The Morgan fingerprint density at radius 2 is 1.88 bits per heavy atom. The highest BCUT2D eigenvalue weighted by Gasteiger charge is 2.18. The lowest BCUT2D eigenvalue weighted by Gasteiger charge is -2.19. The lowest BCUT2D eigenvalue weighted by molar-refractivity contribution is -0.153. The first-order chi connectivity index (χ1) is 15.2. The molecule has 32 heavy (non-hydrogen) atoms. The normalized spacial score (nSPS) is 11.7. The zero-order valence-corrected chi connectivity index (χ0v) is 19.4. The molecule has 0 spiro atoms. The lowest BCUT2D eigenvalue weighted by Crippen LogP contribution is -2.24. The molecule has 0 saturated heterocycles. The quantitative estimate of drug-likeness (QED) is 0.382. The van der Waals surface area contributed by atoms with E-state index in [0.29, 0.717) is 11.6 Å². The molecule has 0 radical (unpaired) electrons. The Balaban J connectivity index is 1.44. The Morgan fingerprint density at radius 3 is 2.59 bits per heavy atom. The van der Waals surface area contributed by atoms with Gasteiger partial charge in [-0.05, 0) is 56.7 Å². The molecule has 1 N–H and O–H groups in total. The summed E-state index contributed by atoms with van der Waals surface area (Å²) in [6, 6.07) is 15.4. The van der Waals surface area contributed by atoms with Gasteiger partial charge in [-0.2, -0.15) is 5.10 Å². The lowest BCUT2D eigenvalue weighted by atomic mass is 10.1. The molecular formula is C25H26ClN3O3. The fourth-order valence-electron chi connectivity index (χ4n) is 3.49. The number of aromatic nitrogens is 3. The second-order valence-corrected chi connectivity index (χ2v) is 9.16. The molecule has 2 aromatic heterocycles. The van der Waals surface area contributed by atoms with Crippen LogP contribution in [0.5, 0.6) is 5.75 Å². The van der Waals surface area contributed by atoms with Crippen LogP contribution in [-0.2, 0) is 29.6 Å². The Labute approximate surface area is 192 Å². The van der Waals surface area contributed by atoms with Crippen LogP contribution in [0, 0.1) is 0 Å². The van der Waals surface area contributed by atoms with Gasteiger partial charge in [0.2, 0.25) is 0 Å². The topological polar surface area (TPSA) is 69.1 Å². The van der Waals surface area contributed by atoms with E-state index in [-0.39, 0.29) is 12.4 Å². The van der Waals surface area contributed by atoms with Gasteiger partial charge < -0.3 is 14.5 Å². The summed E-state index contributed by atoms with van der Waals surface area (Å²) in [7, 11) is 1.90. The molecule has 2 heterocycles. The van der Waals surface area contributed by atoms with Crippen molar-refractivity contribution in [3.63, 3.8) is 0 Å². The molecule has 0 saturated carbocycles. The maximum atomic E-state index is 12.2. The summed E-state index contributed by atoms with van der Waals surface area (Å²) in [5, 5.41) is 6.25. The zero-order valence-electron chi connectivity index (χ0n) is 18.6. The molecule has 0 unspecified atom stereocenters. The van der Waals surface area contributed by atoms with Crippen LogP contribution in [0.25, 0.3) is 22.2 Å². The van der Waals surface area contributed by atoms with Crippen LogP contribution in [-0.4, -0.2) is 26.3 Å². The predicted molar refractivity (Wildman–Crippen MR) is 126 cm³/mol. The summed E-state index contributed by atoms with van der Waals surface area (Å²) >= 11 is 5.98. The van der Waals surface area contributed by atoms with Crippen molar-refractivity contribution >= 4 is 28.5 Å². The Bertz CT molecular complexity index is 1250. The third-order valence-electron chi connectivity index (χ3n) is 5.00. The van der Waals surface area contributed by atoms with E-state index in [1.165, 1.54) is 0 Å². The average Bonchev–Trinajstić information content (AvgIpc) is 3.28. The summed E-state index contributed by atoms with van der Waals surface area (Å²) in [5.74, 6) is 0.490. The first-order valence-corrected chi connectivity index (χ1v) is 10.8. The second kappa shape index (κ2) is 8.71. The van der Waals surface area contributed by atoms with Crippen molar-refractivity contribution < 1.29 is 14.3 Å². The SMILES string of the molecule is Cn1nc(-c2ccc(Cl)cc2)cc1COc1ccc2c(CC(=O)OC(C)(C)C)c[nH]c2c1. The van der Waals surface area contributed by atoms with Gasteiger partial charge >= 0.3 is 5.97 Å². The van der Waals surface area contributed by atoms with E-state index in [4.69, 9.17) is 21.1 Å². The number of esters is 1. The van der Waals surface area contributed by atoms with E-state index >= 15 is 0 Å². The van der Waals surface area contributed by atoms with Gasteiger partial charge in [-0.3, -0.25) is 9.48 Å². The number of halogens is 1. The molecule has 0 aliphatic heterocycles. The number of aryl methyl sites for hydroxylation is 1. The number of H-pyrrole nitrogens is 1. The number of fused-ring (bicyclic) bond motifs is 1. The van der Waals surface area contributed by atoms with E-state index < -0.39 is 5.60 Å². The number of carbonyl (C=O) groups excluding carboxylic acids is 1. The van der Waals surface area contributed by atoms with Crippen LogP contribution < -0.4 is 4.74 Å². The third-order valence-corrected chi connectivity index (χ3v) is 5.25. The highest BCUT2D eigenvalue weighted by Crippen LogP contribution is 2.26. The average molecular weight is 452 g/mol. The van der Waals surface area contributed by atoms with E-state index in [1.807, 2.05) is 87.2 Å². The molecule has 0 aliphatic carbocycles. The first kappa shape index (κ1) is 22.0. The first-order valence-electron chi connectivity index (χ1n) is 10.4. The predicted octanol–water partition coefficient (Wildman–Crippen LogP) is 5.69. The summed E-state index contributed by atoms with van der Waals surface area (Å²) in [5.41, 5.74) is 4.14. The van der Waals surface area contributed by atoms with Crippen molar-refractivity contribution in [2.45, 2.75) is 39.4 Å². The van der Waals surface area contributed by atoms with Gasteiger partial charge in [0.25, 0.3) is 0 Å². The number of aromatic amines is 1. The van der Waals surface area contributed by atoms with E-state index in [2.05, 4.69) is 10.1 Å². The number of nitrogens with one attached hydrogen (secondary N) is 1. The maximum Gasteiger partial charge on any atom is 0.310 e. The molecule has 0 atom stereocenters. The van der Waals surface area contributed by atoms with Crippen LogP contribution in [0.2, 0.25) is 5.02 Å². The molecule has 2 aromatic carbocycles. The molecule has 0 bridgehead atoms. The van der Waals surface area contributed by atoms with Crippen molar-refractivity contribution in [3.05, 3.63) is 71.0 Å². The van der Waals surface area contributed by atoms with Gasteiger partial charge in [0.15, 0.2) is 0 Å². The van der Waals surface area contributed by atoms with Crippen LogP contribution in [0.15, 0.2) is 54.7 Å². The summed E-state index contributed by atoms with van der Waals surface area (Å²) in [4.78, 5) is 15.4. The number of nitrogens with zero attached hydrogens (tertiary/aromatic N) is 2. The number of ether oxygens (including phenoxy) is 2. The molecule has 0 amide bonds. The van der Waals surface area contributed by atoms with Gasteiger partial charge in [0.05, 0.1) is 17.8 Å². The van der Waals surface area contributed by atoms with Gasteiger partial charge in [-0.1, -0.05) is 23.7 Å². The minimum absolute atomic E-state index is 0.222. The highest BCUT2D eigenvalue weighted by atomic mass is 35.5. The number of benzene rings is 2. The van der Waals surface area contributed by atoms with Crippen molar-refractivity contribution in [1.82, 2.24) is 14.8 Å². The Hall–Kier alpha value is -3.25. The van der Waals surface area contributed by atoms with Gasteiger partial charge in [0.1, 0.15) is 18.0 Å². The summed E-state index contributed by atoms with van der Waals surface area (Å²) in [6.45, 7) is 5.98.